The van der Waals surface area contributed by atoms with Gasteiger partial charge in [-0.3, -0.25) is 9.20 Å². The molecule has 92 valence electrons. The Morgan fingerprint density at radius 1 is 1.16 bits per heavy atom. The van der Waals surface area contributed by atoms with Crippen LogP contribution in [-0.4, -0.2) is 9.38 Å². The molecule has 0 amide bonds. The minimum Gasteiger partial charge on any atom is -0.268 e. The first-order valence-electron chi connectivity index (χ1n) is 5.73. The summed E-state index contributed by atoms with van der Waals surface area (Å²) in [5.74, 6) is 0. The van der Waals surface area contributed by atoms with Gasteiger partial charge < -0.3 is 0 Å². The summed E-state index contributed by atoms with van der Waals surface area (Å²) in [5.41, 5.74) is 1.64. The molecule has 2 heterocycles. The zero-order valence-electron chi connectivity index (χ0n) is 9.63. The molecule has 4 aromatic rings. The Bertz CT molecular complexity index is 1000. The van der Waals surface area contributed by atoms with E-state index in [1.807, 2.05) is 42.5 Å². The van der Waals surface area contributed by atoms with Gasteiger partial charge in [-0.25, -0.2) is 4.98 Å². The van der Waals surface area contributed by atoms with Crippen molar-refractivity contribution in [2.45, 2.75) is 0 Å². The van der Waals surface area contributed by atoms with Crippen LogP contribution in [0.4, 0.5) is 0 Å². The average molecular weight is 331 g/mol. The molecule has 2 aromatic carbocycles. The van der Waals surface area contributed by atoms with Crippen molar-refractivity contribution in [1.29, 1.82) is 0 Å². The molecule has 0 aliphatic rings. The summed E-state index contributed by atoms with van der Waals surface area (Å²) in [6, 6.07) is 13.4. The third-order valence-corrected chi connectivity index (χ3v) is 4.62. The van der Waals surface area contributed by atoms with Crippen molar-refractivity contribution in [3.05, 3.63) is 57.3 Å². The van der Waals surface area contributed by atoms with E-state index in [2.05, 4.69) is 20.9 Å². The Hall–Kier alpha value is -1.72. The molecule has 3 nitrogen and oxygen atoms in total. The van der Waals surface area contributed by atoms with E-state index in [1.165, 1.54) is 11.3 Å². The number of para-hydroxylation sites is 1. The van der Waals surface area contributed by atoms with Crippen LogP contribution in [0.2, 0.25) is 0 Å². The maximum absolute atomic E-state index is 12.6. The van der Waals surface area contributed by atoms with Gasteiger partial charge in [-0.05, 0) is 30.3 Å². The fraction of sp³-hybridized carbons (Fsp3) is 0. The lowest BCUT2D eigenvalue weighted by Gasteiger charge is -1.99. The molecule has 5 heteroatoms. The van der Waals surface area contributed by atoms with Crippen LogP contribution in [0, 0.1) is 0 Å². The number of nitrogens with zero attached hydrogens (tertiary/aromatic N) is 2. The molecular weight excluding hydrogens is 324 g/mol. The predicted molar refractivity (Wildman–Crippen MR) is 82.1 cm³/mol. The normalized spacial score (nSPS) is 11.6. The fourth-order valence-electron chi connectivity index (χ4n) is 2.25. The molecule has 2 aromatic heterocycles. The molecule has 0 saturated heterocycles. The van der Waals surface area contributed by atoms with Gasteiger partial charge in [0.05, 0.1) is 21.1 Å². The van der Waals surface area contributed by atoms with Gasteiger partial charge in [0.25, 0.3) is 5.56 Å². The van der Waals surface area contributed by atoms with Gasteiger partial charge in [-0.15, -0.1) is 0 Å². The molecule has 0 aliphatic carbocycles. The summed E-state index contributed by atoms with van der Waals surface area (Å²) in [6.07, 6.45) is 0. The van der Waals surface area contributed by atoms with Crippen LogP contribution in [0.15, 0.2) is 51.7 Å². The molecular formula is C14H7BrN2OS. The van der Waals surface area contributed by atoms with E-state index in [1.54, 1.807) is 4.40 Å². The first-order chi connectivity index (χ1) is 9.24. The molecule has 0 unspecified atom stereocenters. The molecule has 0 bridgehead atoms. The van der Waals surface area contributed by atoms with Crippen LogP contribution in [-0.2, 0) is 0 Å². The van der Waals surface area contributed by atoms with Gasteiger partial charge >= 0.3 is 0 Å². The molecule has 0 N–H and O–H groups in total. The molecule has 0 saturated carbocycles. The Kier molecular flexibility index (Phi) is 2.28. The lowest BCUT2D eigenvalue weighted by Crippen LogP contribution is -2.13. The van der Waals surface area contributed by atoms with Gasteiger partial charge in [0.1, 0.15) is 0 Å². The first-order valence-corrected chi connectivity index (χ1v) is 7.34. The second-order valence-corrected chi connectivity index (χ2v) is 6.19. The molecule has 0 atom stereocenters. The van der Waals surface area contributed by atoms with Crippen LogP contribution in [0.1, 0.15) is 0 Å². The third-order valence-electron chi connectivity index (χ3n) is 3.11. The maximum Gasteiger partial charge on any atom is 0.266 e. The van der Waals surface area contributed by atoms with Crippen molar-refractivity contribution in [2.24, 2.45) is 0 Å². The standard InChI is InChI=1S/C14H7BrN2OS/c15-8-5-6-9-10(7-8)16-14-17(13(9)18)11-3-1-2-4-12(11)19-14/h1-7H. The molecule has 0 fully saturated rings. The van der Waals surface area contributed by atoms with E-state index < -0.39 is 0 Å². The number of benzene rings is 2. The van der Waals surface area contributed by atoms with Crippen molar-refractivity contribution < 1.29 is 0 Å². The number of hydrogen-bond acceptors (Lipinski definition) is 3. The van der Waals surface area contributed by atoms with Crippen molar-refractivity contribution in [3.63, 3.8) is 0 Å². The highest BCUT2D eigenvalue weighted by Crippen LogP contribution is 2.25. The van der Waals surface area contributed by atoms with Gasteiger partial charge in [-0.1, -0.05) is 39.4 Å². The molecule has 0 radical (unpaired) electrons. The zero-order valence-corrected chi connectivity index (χ0v) is 12.0. The number of thiazole rings is 1. The number of hydrogen-bond donors (Lipinski definition) is 0. The summed E-state index contributed by atoms with van der Waals surface area (Å²) < 4.78 is 3.69. The second-order valence-electron chi connectivity index (χ2n) is 4.27. The Morgan fingerprint density at radius 2 is 2.00 bits per heavy atom. The van der Waals surface area contributed by atoms with Gasteiger partial charge in [-0.2, -0.15) is 0 Å². The highest BCUT2D eigenvalue weighted by molar-refractivity contribution is 9.10. The second kappa shape index (κ2) is 3.88. The summed E-state index contributed by atoms with van der Waals surface area (Å²) in [5, 5.41) is 0.643. The lowest BCUT2D eigenvalue weighted by atomic mass is 10.2. The monoisotopic (exact) mass is 330 g/mol. The largest absolute Gasteiger partial charge is 0.268 e. The molecule has 0 aliphatic heterocycles. The smallest absolute Gasteiger partial charge is 0.266 e. The van der Waals surface area contributed by atoms with Crippen LogP contribution in [0.3, 0.4) is 0 Å². The predicted octanol–water partition coefficient (Wildman–Crippen LogP) is 3.82. The summed E-state index contributed by atoms with van der Waals surface area (Å²) in [7, 11) is 0. The highest BCUT2D eigenvalue weighted by atomic mass is 79.9. The Balaban J connectivity index is 2.34. The highest BCUT2D eigenvalue weighted by Gasteiger charge is 2.10. The molecule has 0 spiro atoms. The van der Waals surface area contributed by atoms with Gasteiger partial charge in [0.15, 0.2) is 4.96 Å². The number of fused-ring (bicyclic) bond motifs is 4. The average Bonchev–Trinajstić information content (AvgIpc) is 2.76. The first kappa shape index (κ1) is 11.1. The Labute approximate surface area is 120 Å². The minimum atomic E-state index is -0.00931. The minimum absolute atomic E-state index is 0.00931. The van der Waals surface area contributed by atoms with Gasteiger partial charge in [0, 0.05) is 4.47 Å². The van der Waals surface area contributed by atoms with Crippen LogP contribution < -0.4 is 5.56 Å². The van der Waals surface area contributed by atoms with E-state index in [9.17, 15) is 4.79 Å². The van der Waals surface area contributed by atoms with Crippen LogP contribution in [0.5, 0.6) is 0 Å². The van der Waals surface area contributed by atoms with Crippen molar-refractivity contribution >= 4 is 53.3 Å². The number of rotatable bonds is 0. The van der Waals surface area contributed by atoms with E-state index in [4.69, 9.17) is 0 Å². The molecule has 4 rings (SSSR count). The maximum atomic E-state index is 12.6. The van der Waals surface area contributed by atoms with Crippen molar-refractivity contribution in [1.82, 2.24) is 9.38 Å². The molecule has 19 heavy (non-hydrogen) atoms. The topological polar surface area (TPSA) is 34.4 Å². The fourth-order valence-corrected chi connectivity index (χ4v) is 3.62. The quantitative estimate of drug-likeness (QED) is 0.491. The van der Waals surface area contributed by atoms with E-state index in [0.717, 1.165) is 25.2 Å². The third kappa shape index (κ3) is 1.55. The SMILES string of the molecule is O=c1c2ccc(Br)cc2nc2sc3ccccc3n12. The van der Waals surface area contributed by atoms with Crippen molar-refractivity contribution in [2.75, 3.05) is 0 Å². The van der Waals surface area contributed by atoms with E-state index in [-0.39, 0.29) is 5.56 Å². The van der Waals surface area contributed by atoms with E-state index in [0.29, 0.717) is 5.39 Å². The lowest BCUT2D eigenvalue weighted by molar-refractivity contribution is 1.16. The Morgan fingerprint density at radius 3 is 2.89 bits per heavy atom. The number of halogens is 1. The summed E-state index contributed by atoms with van der Waals surface area (Å²) in [6.45, 7) is 0. The summed E-state index contributed by atoms with van der Waals surface area (Å²) >= 11 is 4.94. The number of aromatic nitrogens is 2. The van der Waals surface area contributed by atoms with Crippen LogP contribution in [0.25, 0.3) is 26.1 Å². The van der Waals surface area contributed by atoms with Gasteiger partial charge in [0.2, 0.25) is 0 Å². The zero-order chi connectivity index (χ0) is 13.0. The van der Waals surface area contributed by atoms with Crippen LogP contribution >= 0.6 is 27.3 Å². The van der Waals surface area contributed by atoms with E-state index >= 15 is 0 Å². The van der Waals surface area contributed by atoms with Crippen molar-refractivity contribution in [3.8, 4) is 0 Å². The summed E-state index contributed by atoms with van der Waals surface area (Å²) in [4.78, 5) is 17.9.